The van der Waals surface area contributed by atoms with Crippen molar-refractivity contribution in [2.24, 2.45) is 5.92 Å². The van der Waals surface area contributed by atoms with Gasteiger partial charge in [-0.25, -0.2) is 4.79 Å². The Balaban J connectivity index is 1.43. The maximum atomic E-state index is 12.5. The summed E-state index contributed by atoms with van der Waals surface area (Å²) in [6, 6.07) is 9.31. The summed E-state index contributed by atoms with van der Waals surface area (Å²) in [5.74, 6) is -0.200. The zero-order chi connectivity index (χ0) is 22.4. The molecule has 1 heterocycles. The molecule has 1 aliphatic heterocycles. The molecule has 172 valence electrons. The number of rotatable bonds is 6. The van der Waals surface area contributed by atoms with Crippen LogP contribution in [-0.2, 0) is 25.6 Å². The molecule has 2 atom stereocenters. The molecule has 1 aliphatic carbocycles. The first-order valence-electron chi connectivity index (χ1n) is 11.2. The van der Waals surface area contributed by atoms with Gasteiger partial charge in [0, 0.05) is 0 Å². The summed E-state index contributed by atoms with van der Waals surface area (Å²) >= 11 is 0. The second-order valence-corrected chi connectivity index (χ2v) is 9.58. The molecular weight excluding hydrogens is 398 g/mol. The Bertz CT molecular complexity index is 723. The number of aliphatic hydroxyl groups is 1. The molecule has 31 heavy (non-hydrogen) atoms. The number of likely N-dealkylation sites (tertiary alicyclic amines) is 1. The summed E-state index contributed by atoms with van der Waals surface area (Å²) < 4.78 is 17.0. The van der Waals surface area contributed by atoms with Crippen LogP contribution in [0.4, 0.5) is 4.79 Å². The van der Waals surface area contributed by atoms with Gasteiger partial charge in [0.05, 0.1) is 37.3 Å². The maximum absolute atomic E-state index is 12.5. The number of hydrogen-bond acceptors (Lipinski definition) is 6. The van der Waals surface area contributed by atoms with Crippen LogP contribution in [-0.4, -0.2) is 59.1 Å². The lowest BCUT2D eigenvalue weighted by molar-refractivity contribution is -0.162. The molecule has 1 saturated carbocycles. The first kappa shape index (κ1) is 23.5. The topological polar surface area (TPSA) is 85.3 Å². The van der Waals surface area contributed by atoms with E-state index >= 15 is 0 Å². The third-order valence-corrected chi connectivity index (χ3v) is 5.77. The highest BCUT2D eigenvalue weighted by Gasteiger charge is 2.37. The number of benzene rings is 1. The van der Waals surface area contributed by atoms with Gasteiger partial charge in [-0.1, -0.05) is 30.3 Å². The number of nitrogens with zero attached hydrogens (tertiary/aromatic N) is 1. The Morgan fingerprint density at radius 2 is 1.77 bits per heavy atom. The van der Waals surface area contributed by atoms with Gasteiger partial charge in [-0.05, 0) is 58.4 Å². The fraction of sp³-hybridized carbons (Fsp3) is 0.667. The van der Waals surface area contributed by atoms with Crippen molar-refractivity contribution < 1.29 is 28.9 Å². The van der Waals surface area contributed by atoms with Gasteiger partial charge in [0.2, 0.25) is 0 Å². The summed E-state index contributed by atoms with van der Waals surface area (Å²) in [6.45, 7) is 6.46. The summed E-state index contributed by atoms with van der Waals surface area (Å²) in [4.78, 5) is 26.4. The fourth-order valence-electron chi connectivity index (χ4n) is 4.17. The van der Waals surface area contributed by atoms with Crippen LogP contribution in [0, 0.1) is 5.92 Å². The second kappa shape index (κ2) is 10.5. The van der Waals surface area contributed by atoms with E-state index in [1.807, 2.05) is 51.1 Å². The number of hydrogen-bond donors (Lipinski definition) is 1. The van der Waals surface area contributed by atoms with Crippen LogP contribution in [0.15, 0.2) is 30.3 Å². The minimum absolute atomic E-state index is 0.0543. The third kappa shape index (κ3) is 7.21. The van der Waals surface area contributed by atoms with E-state index in [4.69, 9.17) is 14.2 Å². The molecule has 2 fully saturated rings. The van der Waals surface area contributed by atoms with E-state index in [9.17, 15) is 14.7 Å². The summed E-state index contributed by atoms with van der Waals surface area (Å²) in [5.41, 5.74) is 0.455. The first-order valence-corrected chi connectivity index (χ1v) is 11.2. The molecule has 1 aromatic rings. The van der Waals surface area contributed by atoms with Crippen LogP contribution in [0.25, 0.3) is 0 Å². The predicted octanol–water partition coefficient (Wildman–Crippen LogP) is 3.68. The van der Waals surface area contributed by atoms with Crippen molar-refractivity contribution in [2.75, 3.05) is 13.2 Å². The number of amides is 1. The normalized spacial score (nSPS) is 26.5. The molecule has 1 amide bonds. The second-order valence-electron chi connectivity index (χ2n) is 9.58. The monoisotopic (exact) mass is 433 g/mol. The number of esters is 1. The Hall–Kier alpha value is -2.12. The highest BCUT2D eigenvalue weighted by Crippen LogP contribution is 2.29. The number of carbonyl (C=O) groups is 2. The molecule has 7 heteroatoms. The number of ether oxygens (including phenoxy) is 3. The molecule has 2 aliphatic rings. The van der Waals surface area contributed by atoms with E-state index in [0.29, 0.717) is 13.0 Å². The van der Waals surface area contributed by atoms with Gasteiger partial charge < -0.3 is 24.2 Å². The van der Waals surface area contributed by atoms with Crippen LogP contribution in [0.1, 0.15) is 58.4 Å². The molecule has 0 bridgehead atoms. The predicted molar refractivity (Wildman–Crippen MR) is 115 cm³/mol. The van der Waals surface area contributed by atoms with Crippen molar-refractivity contribution in [3.63, 3.8) is 0 Å². The van der Waals surface area contributed by atoms with Crippen LogP contribution < -0.4 is 0 Å². The van der Waals surface area contributed by atoms with Crippen molar-refractivity contribution in [3.8, 4) is 0 Å². The zero-order valence-electron chi connectivity index (χ0n) is 18.8. The first-order chi connectivity index (χ1) is 14.7. The molecule has 0 unspecified atom stereocenters. The number of carbonyl (C=O) groups excluding carboxylic acids is 2. The summed E-state index contributed by atoms with van der Waals surface area (Å²) in [5, 5.41) is 10.1. The van der Waals surface area contributed by atoms with Gasteiger partial charge in [0.25, 0.3) is 0 Å². The Labute approximate surface area is 184 Å². The average Bonchev–Trinajstić information content (AvgIpc) is 3.11. The average molecular weight is 434 g/mol. The fourth-order valence-corrected chi connectivity index (χ4v) is 4.17. The molecule has 3 rings (SSSR count). The Morgan fingerprint density at radius 3 is 2.42 bits per heavy atom. The molecule has 0 radical (unpaired) electrons. The number of β-amino-alcohol motifs (C(OH)–C–C–N with tert-alkyl or cyclic N) is 1. The summed E-state index contributed by atoms with van der Waals surface area (Å²) in [7, 11) is 0. The van der Waals surface area contributed by atoms with E-state index in [-0.39, 0.29) is 37.2 Å². The van der Waals surface area contributed by atoms with Gasteiger partial charge >= 0.3 is 12.1 Å². The quantitative estimate of drug-likeness (QED) is 0.689. The van der Waals surface area contributed by atoms with Crippen LogP contribution in [0.5, 0.6) is 0 Å². The molecular formula is C24H35NO6. The van der Waals surface area contributed by atoms with Crippen molar-refractivity contribution in [3.05, 3.63) is 35.9 Å². The molecule has 1 saturated heterocycles. The standard InChI is InChI=1S/C24H35NO6/c1-24(2,3)31-22(27)18-9-11-21(12-10-18)29-16-19-13-20(26)14-25(19)23(28)30-15-17-7-5-4-6-8-17/h4-8,18-21,26H,9-16H2,1-3H3/t18?,19-,20+,21?/m0/s1. The number of aliphatic hydroxyl groups excluding tert-OH is 1. The van der Waals surface area contributed by atoms with E-state index in [1.54, 1.807) is 4.90 Å². The van der Waals surface area contributed by atoms with Crippen molar-refractivity contribution in [1.29, 1.82) is 0 Å². The van der Waals surface area contributed by atoms with E-state index in [1.165, 1.54) is 0 Å². The third-order valence-electron chi connectivity index (χ3n) is 5.77. The molecule has 0 aromatic heterocycles. The van der Waals surface area contributed by atoms with Crippen molar-refractivity contribution in [1.82, 2.24) is 4.90 Å². The highest BCUT2D eigenvalue weighted by atomic mass is 16.6. The van der Waals surface area contributed by atoms with Gasteiger partial charge in [0.1, 0.15) is 12.2 Å². The van der Waals surface area contributed by atoms with Gasteiger partial charge in [-0.3, -0.25) is 4.79 Å². The van der Waals surface area contributed by atoms with Crippen LogP contribution in [0.3, 0.4) is 0 Å². The lowest BCUT2D eigenvalue weighted by atomic mass is 9.87. The maximum Gasteiger partial charge on any atom is 0.410 e. The minimum atomic E-state index is -0.569. The Morgan fingerprint density at radius 1 is 1.10 bits per heavy atom. The largest absolute Gasteiger partial charge is 0.460 e. The Kier molecular flexibility index (Phi) is 7.94. The minimum Gasteiger partial charge on any atom is -0.460 e. The molecule has 1 aromatic carbocycles. The van der Waals surface area contributed by atoms with Crippen molar-refractivity contribution in [2.45, 2.75) is 83.3 Å². The smallest absolute Gasteiger partial charge is 0.410 e. The zero-order valence-corrected chi connectivity index (χ0v) is 18.8. The highest BCUT2D eigenvalue weighted by molar-refractivity contribution is 5.73. The SMILES string of the molecule is CC(C)(C)OC(=O)C1CCC(OC[C@@H]2C[C@@H](O)CN2C(=O)OCc2ccccc2)CC1. The van der Waals surface area contributed by atoms with E-state index in [2.05, 4.69) is 0 Å². The summed E-state index contributed by atoms with van der Waals surface area (Å²) in [6.07, 6.45) is 2.61. The van der Waals surface area contributed by atoms with Crippen molar-refractivity contribution >= 4 is 12.1 Å². The molecule has 0 spiro atoms. The van der Waals surface area contributed by atoms with Crippen LogP contribution >= 0.6 is 0 Å². The molecule has 7 nitrogen and oxygen atoms in total. The van der Waals surface area contributed by atoms with Gasteiger partial charge in [0.15, 0.2) is 0 Å². The lowest BCUT2D eigenvalue weighted by Crippen LogP contribution is -2.40. The van der Waals surface area contributed by atoms with E-state index < -0.39 is 17.8 Å². The van der Waals surface area contributed by atoms with Gasteiger partial charge in [-0.2, -0.15) is 0 Å². The molecule has 1 N–H and O–H groups in total. The lowest BCUT2D eigenvalue weighted by Gasteiger charge is -2.31. The van der Waals surface area contributed by atoms with Gasteiger partial charge in [-0.15, -0.1) is 0 Å². The van der Waals surface area contributed by atoms with E-state index in [0.717, 1.165) is 31.2 Å². The van der Waals surface area contributed by atoms with Crippen LogP contribution in [0.2, 0.25) is 0 Å².